The van der Waals surface area contributed by atoms with E-state index in [9.17, 15) is 45.6 Å². The first-order valence-electron chi connectivity index (χ1n) is 24.8. The molecule has 1 aliphatic heterocycles. The average molecular weight is 872 g/mol. The van der Waals surface area contributed by atoms with E-state index in [0.29, 0.717) is 19.3 Å². The summed E-state index contributed by atoms with van der Waals surface area (Å²) in [6, 6.07) is -1.18. The van der Waals surface area contributed by atoms with E-state index in [2.05, 4.69) is 37.4 Å². The Morgan fingerprint density at radius 2 is 1.05 bits per heavy atom. The normalized spacial score (nSPS) is 22.2. The lowest BCUT2D eigenvalue weighted by atomic mass is 9.98. The zero-order valence-corrected chi connectivity index (χ0v) is 38.5. The molecule has 360 valence electrons. The number of aliphatic hydroxyl groups excluding tert-OH is 8. The molecule has 12 nitrogen and oxygen atoms in total. The number of aliphatic hydroxyl groups is 8. The van der Waals surface area contributed by atoms with E-state index >= 15 is 0 Å². The molecular formula is C49H93NO11. The molecule has 0 aromatic heterocycles. The second-order valence-corrected chi connectivity index (χ2v) is 17.7. The van der Waals surface area contributed by atoms with Crippen LogP contribution < -0.4 is 5.32 Å². The topological polar surface area (TPSA) is 209 Å². The van der Waals surface area contributed by atoms with Gasteiger partial charge in [0.2, 0.25) is 5.91 Å². The second kappa shape index (κ2) is 39.0. The Morgan fingerprint density at radius 3 is 1.59 bits per heavy atom. The lowest BCUT2D eigenvalue weighted by Gasteiger charge is -2.40. The van der Waals surface area contributed by atoms with Gasteiger partial charge < -0.3 is 55.6 Å². The van der Waals surface area contributed by atoms with Crippen molar-refractivity contribution in [1.82, 2.24) is 5.32 Å². The molecule has 1 rings (SSSR count). The molecule has 1 saturated heterocycles. The van der Waals surface area contributed by atoms with E-state index in [1.807, 2.05) is 6.08 Å². The van der Waals surface area contributed by atoms with Crippen LogP contribution in [0, 0.1) is 0 Å². The Morgan fingerprint density at radius 1 is 0.590 bits per heavy atom. The highest BCUT2D eigenvalue weighted by Crippen LogP contribution is 2.23. The summed E-state index contributed by atoms with van der Waals surface area (Å²) in [5.41, 5.74) is 0. The van der Waals surface area contributed by atoms with Crippen molar-refractivity contribution in [1.29, 1.82) is 0 Å². The zero-order valence-electron chi connectivity index (χ0n) is 38.5. The van der Waals surface area contributed by atoms with Gasteiger partial charge in [-0.2, -0.15) is 0 Å². The fraction of sp³-hybridized carbons (Fsp3) is 0.898. The molecule has 1 aliphatic rings. The lowest BCUT2D eigenvalue weighted by Crippen LogP contribution is -2.60. The number of rotatable bonds is 41. The van der Waals surface area contributed by atoms with Crippen LogP contribution in [0.15, 0.2) is 24.3 Å². The standard InChI is InChI=1S/C49H93NO11/c1-3-5-7-9-10-11-12-13-14-18-21-24-27-31-35-41(53)44(55)40(38-60-49-47(58)46(57)45(56)43(37-51)61-49)50-48(59)42(54)36-32-28-25-22-19-16-15-17-20-23-26-30-34-39(52)33-29-8-6-4-2/h11-12,30,34,39-47,49,51-58H,3-10,13-29,31-33,35-38H2,1-2H3,(H,50,59)/b12-11-,34-30+/t39?,40-,41+,42-,43+,44-,45+,46-,47+,49+/m0/s1. The minimum absolute atomic E-state index is 0.241. The van der Waals surface area contributed by atoms with Crippen LogP contribution in [0.2, 0.25) is 0 Å². The minimum atomic E-state index is -1.67. The van der Waals surface area contributed by atoms with Crippen LogP contribution in [0.5, 0.6) is 0 Å². The van der Waals surface area contributed by atoms with Gasteiger partial charge in [0.25, 0.3) is 0 Å². The maximum atomic E-state index is 13.1. The van der Waals surface area contributed by atoms with Crippen LogP contribution >= 0.6 is 0 Å². The summed E-state index contributed by atoms with van der Waals surface area (Å²) >= 11 is 0. The third-order valence-corrected chi connectivity index (χ3v) is 12.0. The van der Waals surface area contributed by atoms with Crippen LogP contribution in [0.1, 0.15) is 206 Å². The summed E-state index contributed by atoms with van der Waals surface area (Å²) in [5.74, 6) is -0.714. The van der Waals surface area contributed by atoms with Crippen LogP contribution in [0.3, 0.4) is 0 Å². The molecule has 0 aromatic rings. The van der Waals surface area contributed by atoms with Crippen molar-refractivity contribution in [3.05, 3.63) is 24.3 Å². The maximum Gasteiger partial charge on any atom is 0.249 e. The van der Waals surface area contributed by atoms with Gasteiger partial charge in [-0.3, -0.25) is 4.79 Å². The van der Waals surface area contributed by atoms with E-state index in [1.54, 1.807) is 0 Å². The Kier molecular flexibility index (Phi) is 36.8. The third-order valence-electron chi connectivity index (χ3n) is 12.0. The van der Waals surface area contributed by atoms with Crippen molar-refractivity contribution >= 4 is 5.91 Å². The minimum Gasteiger partial charge on any atom is -0.394 e. The molecule has 1 unspecified atom stereocenters. The van der Waals surface area contributed by atoms with Crippen molar-refractivity contribution in [2.75, 3.05) is 13.2 Å². The highest BCUT2D eigenvalue weighted by molar-refractivity contribution is 5.80. The van der Waals surface area contributed by atoms with Gasteiger partial charge in [-0.05, 0) is 57.8 Å². The fourth-order valence-electron chi connectivity index (χ4n) is 7.87. The van der Waals surface area contributed by atoms with Crippen molar-refractivity contribution in [3.63, 3.8) is 0 Å². The quantitative estimate of drug-likeness (QED) is 0.0216. The predicted octanol–water partition coefficient (Wildman–Crippen LogP) is 7.59. The lowest BCUT2D eigenvalue weighted by molar-refractivity contribution is -0.303. The Labute approximate surface area is 370 Å². The van der Waals surface area contributed by atoms with Gasteiger partial charge in [0, 0.05) is 0 Å². The molecule has 0 aliphatic carbocycles. The van der Waals surface area contributed by atoms with E-state index in [4.69, 9.17) is 9.47 Å². The van der Waals surface area contributed by atoms with Gasteiger partial charge >= 0.3 is 0 Å². The summed E-state index contributed by atoms with van der Waals surface area (Å²) < 4.78 is 11.1. The SMILES string of the molecule is CCCCCC/C=C\CCCCCCCC[C@@H](O)[C@@H](O)[C@H](CO[C@@H]1O[C@H](CO)[C@@H](O)[C@H](O)[C@H]1O)NC(=O)[C@@H](O)CCCCCCCCCCCC/C=C/C(O)CCCCCC. The summed E-state index contributed by atoms with van der Waals surface area (Å²) in [5, 5.41) is 85.8. The fourth-order valence-corrected chi connectivity index (χ4v) is 7.87. The van der Waals surface area contributed by atoms with Gasteiger partial charge in [0.05, 0.1) is 31.5 Å². The maximum absolute atomic E-state index is 13.1. The van der Waals surface area contributed by atoms with Gasteiger partial charge in [0.15, 0.2) is 6.29 Å². The van der Waals surface area contributed by atoms with Gasteiger partial charge in [-0.15, -0.1) is 0 Å². The monoisotopic (exact) mass is 872 g/mol. The number of amides is 1. The number of allylic oxidation sites excluding steroid dienone is 3. The number of unbranched alkanes of at least 4 members (excludes halogenated alkanes) is 23. The highest BCUT2D eigenvalue weighted by Gasteiger charge is 2.44. The molecule has 10 atom stereocenters. The molecule has 61 heavy (non-hydrogen) atoms. The smallest absolute Gasteiger partial charge is 0.249 e. The molecule has 0 aromatic carbocycles. The Bertz CT molecular complexity index is 1060. The molecule has 12 heteroatoms. The molecular weight excluding hydrogens is 779 g/mol. The summed E-state index contributed by atoms with van der Waals surface area (Å²) in [6.45, 7) is 3.34. The zero-order chi connectivity index (χ0) is 44.9. The molecule has 1 heterocycles. The number of hydrogen-bond acceptors (Lipinski definition) is 11. The molecule has 1 fully saturated rings. The van der Waals surface area contributed by atoms with Crippen LogP contribution in [0.4, 0.5) is 0 Å². The number of carbonyl (C=O) groups is 1. The van der Waals surface area contributed by atoms with Crippen LogP contribution in [-0.4, -0.2) is 121 Å². The molecule has 0 saturated carbocycles. The summed E-state index contributed by atoms with van der Waals surface area (Å²) in [7, 11) is 0. The van der Waals surface area contributed by atoms with Crippen molar-refractivity contribution in [2.24, 2.45) is 0 Å². The first-order chi connectivity index (χ1) is 29.6. The number of ether oxygens (including phenoxy) is 2. The van der Waals surface area contributed by atoms with E-state index < -0.39 is 74.2 Å². The number of hydrogen-bond donors (Lipinski definition) is 9. The van der Waals surface area contributed by atoms with Gasteiger partial charge in [0.1, 0.15) is 36.6 Å². The summed E-state index contributed by atoms with van der Waals surface area (Å²) in [4.78, 5) is 13.1. The predicted molar refractivity (Wildman–Crippen MR) is 244 cm³/mol. The molecule has 0 bridgehead atoms. The number of carbonyl (C=O) groups excluding carboxylic acids is 1. The first-order valence-corrected chi connectivity index (χ1v) is 24.8. The van der Waals surface area contributed by atoms with E-state index in [-0.39, 0.29) is 12.5 Å². The highest BCUT2D eigenvalue weighted by atomic mass is 16.7. The number of nitrogens with one attached hydrogen (secondary N) is 1. The second-order valence-electron chi connectivity index (χ2n) is 17.7. The molecule has 9 N–H and O–H groups in total. The molecule has 0 spiro atoms. The Hall–Kier alpha value is -1.45. The van der Waals surface area contributed by atoms with Crippen molar-refractivity contribution in [3.8, 4) is 0 Å². The Balaban J connectivity index is 2.42. The van der Waals surface area contributed by atoms with Crippen molar-refractivity contribution in [2.45, 2.75) is 268 Å². The molecule has 0 radical (unpaired) electrons. The first kappa shape index (κ1) is 57.6. The van der Waals surface area contributed by atoms with Crippen molar-refractivity contribution < 1.29 is 55.1 Å². The van der Waals surface area contributed by atoms with E-state index in [0.717, 1.165) is 96.3 Å². The average Bonchev–Trinajstić information content (AvgIpc) is 3.25. The summed E-state index contributed by atoms with van der Waals surface area (Å²) in [6.07, 6.45) is 28.1. The van der Waals surface area contributed by atoms with Gasteiger partial charge in [-0.1, -0.05) is 173 Å². The third kappa shape index (κ3) is 28.9. The molecule has 1 amide bonds. The van der Waals surface area contributed by atoms with Gasteiger partial charge in [-0.25, -0.2) is 0 Å². The van der Waals surface area contributed by atoms with Crippen LogP contribution in [0.25, 0.3) is 0 Å². The van der Waals surface area contributed by atoms with Crippen LogP contribution in [-0.2, 0) is 14.3 Å². The van der Waals surface area contributed by atoms with E-state index in [1.165, 1.54) is 70.6 Å². The largest absolute Gasteiger partial charge is 0.394 e.